The van der Waals surface area contributed by atoms with Crippen molar-refractivity contribution in [3.63, 3.8) is 0 Å². The van der Waals surface area contributed by atoms with Crippen LogP contribution in [0.1, 0.15) is 98.3 Å². The van der Waals surface area contributed by atoms with Gasteiger partial charge in [0.2, 0.25) is 0 Å². The molecule has 1 fully saturated rings. The second kappa shape index (κ2) is 10.9. The molecule has 1 aliphatic heterocycles. The van der Waals surface area contributed by atoms with Crippen LogP contribution in [0.2, 0.25) is 0 Å². The van der Waals surface area contributed by atoms with Crippen LogP contribution in [-0.4, -0.2) is 11.2 Å². The third kappa shape index (κ3) is 7.85. The molecule has 0 radical (unpaired) electrons. The van der Waals surface area contributed by atoms with Gasteiger partial charge in [0.1, 0.15) is 0 Å². The minimum Gasteiger partial charge on any atom is -0.363 e. The van der Waals surface area contributed by atoms with E-state index >= 15 is 0 Å². The Morgan fingerprint density at radius 3 is 1.40 bits per heavy atom. The standard InChI is InChI=1S/C17H34O.ClH.H3N/c1-5-6-7-8-9-10-11-12-13-14-15-17(4)16(2,3)18-17;;/h5-15H2,1-4H3;1H;1H3. The summed E-state index contributed by atoms with van der Waals surface area (Å²) in [4.78, 5) is 0. The molecule has 1 heterocycles. The predicted octanol–water partition coefficient (Wildman–Crippen LogP) is 6.45. The van der Waals surface area contributed by atoms with Crippen LogP contribution in [0.4, 0.5) is 0 Å². The van der Waals surface area contributed by atoms with E-state index in [1.807, 2.05) is 0 Å². The summed E-state index contributed by atoms with van der Waals surface area (Å²) >= 11 is 0. The van der Waals surface area contributed by atoms with E-state index in [-0.39, 0.29) is 29.8 Å². The van der Waals surface area contributed by atoms with Crippen LogP contribution in [0.5, 0.6) is 0 Å². The molecule has 0 aliphatic carbocycles. The molecule has 1 rings (SSSR count). The summed E-state index contributed by atoms with van der Waals surface area (Å²) in [5.74, 6) is 0. The number of hydrogen-bond donors (Lipinski definition) is 1. The maximum Gasteiger partial charge on any atom is 0.0946 e. The van der Waals surface area contributed by atoms with Crippen molar-refractivity contribution < 1.29 is 4.74 Å². The van der Waals surface area contributed by atoms with Crippen LogP contribution < -0.4 is 6.15 Å². The molecule has 1 aliphatic rings. The maximum atomic E-state index is 5.77. The van der Waals surface area contributed by atoms with E-state index in [9.17, 15) is 0 Å². The van der Waals surface area contributed by atoms with Crippen LogP contribution in [0.15, 0.2) is 0 Å². The van der Waals surface area contributed by atoms with Crippen molar-refractivity contribution in [3.8, 4) is 0 Å². The van der Waals surface area contributed by atoms with Crippen molar-refractivity contribution in [2.24, 2.45) is 0 Å². The quantitative estimate of drug-likeness (QED) is 0.352. The van der Waals surface area contributed by atoms with Gasteiger partial charge in [-0.2, -0.15) is 0 Å². The van der Waals surface area contributed by atoms with Crippen LogP contribution in [0.3, 0.4) is 0 Å². The zero-order valence-electron chi connectivity index (χ0n) is 14.3. The summed E-state index contributed by atoms with van der Waals surface area (Å²) in [6.07, 6.45) is 15.4. The largest absolute Gasteiger partial charge is 0.363 e. The van der Waals surface area contributed by atoms with Gasteiger partial charge in [-0.3, -0.25) is 0 Å². The van der Waals surface area contributed by atoms with Crippen molar-refractivity contribution in [1.82, 2.24) is 6.15 Å². The first-order valence-corrected chi connectivity index (χ1v) is 8.22. The Morgan fingerprint density at radius 1 is 0.700 bits per heavy atom. The molecule has 0 saturated carbocycles. The van der Waals surface area contributed by atoms with E-state index < -0.39 is 0 Å². The fraction of sp³-hybridized carbons (Fsp3) is 1.00. The molecule has 0 spiro atoms. The molecular formula is C17H38ClNO. The summed E-state index contributed by atoms with van der Waals surface area (Å²) in [5.41, 5.74) is 0.333. The molecule has 124 valence electrons. The van der Waals surface area contributed by atoms with Gasteiger partial charge in [0, 0.05) is 0 Å². The molecule has 3 heteroatoms. The van der Waals surface area contributed by atoms with Crippen LogP contribution in [0, 0.1) is 0 Å². The van der Waals surface area contributed by atoms with Crippen LogP contribution >= 0.6 is 12.4 Å². The number of halogens is 1. The summed E-state index contributed by atoms with van der Waals surface area (Å²) < 4.78 is 5.77. The van der Waals surface area contributed by atoms with E-state index in [4.69, 9.17) is 4.74 Å². The number of epoxide rings is 1. The molecule has 0 aromatic rings. The monoisotopic (exact) mass is 307 g/mol. The van der Waals surface area contributed by atoms with Gasteiger partial charge in [-0.1, -0.05) is 71.1 Å². The first-order valence-electron chi connectivity index (χ1n) is 8.22. The van der Waals surface area contributed by atoms with E-state index in [0.717, 1.165) is 0 Å². The van der Waals surface area contributed by atoms with Gasteiger partial charge < -0.3 is 10.9 Å². The molecular weight excluding hydrogens is 270 g/mol. The molecule has 0 aromatic carbocycles. The topological polar surface area (TPSA) is 47.5 Å². The lowest BCUT2D eigenvalue weighted by atomic mass is 9.92. The fourth-order valence-electron chi connectivity index (χ4n) is 2.84. The SMILES string of the molecule is CCCCCCCCCCCCC1(C)OC1(C)C.Cl.N. The van der Waals surface area contributed by atoms with Crippen molar-refractivity contribution in [2.75, 3.05) is 0 Å². The van der Waals surface area contributed by atoms with E-state index in [1.54, 1.807) is 0 Å². The maximum absolute atomic E-state index is 5.77. The Kier molecular flexibility index (Phi) is 12.2. The van der Waals surface area contributed by atoms with E-state index in [0.29, 0.717) is 0 Å². The average Bonchev–Trinajstić information content (AvgIpc) is 2.81. The predicted molar refractivity (Wildman–Crippen MR) is 92.3 cm³/mol. The molecule has 0 aromatic heterocycles. The van der Waals surface area contributed by atoms with Gasteiger partial charge in [-0.05, 0) is 27.2 Å². The van der Waals surface area contributed by atoms with Gasteiger partial charge in [-0.25, -0.2) is 0 Å². The van der Waals surface area contributed by atoms with Gasteiger partial charge >= 0.3 is 0 Å². The zero-order valence-corrected chi connectivity index (χ0v) is 15.1. The van der Waals surface area contributed by atoms with Crippen molar-refractivity contribution >= 4 is 12.4 Å². The Hall–Kier alpha value is 0.210. The normalized spacial score (nSPS) is 22.8. The highest BCUT2D eigenvalue weighted by molar-refractivity contribution is 5.85. The Labute approximate surface area is 133 Å². The minimum atomic E-state index is 0. The second-order valence-electron chi connectivity index (χ2n) is 6.78. The summed E-state index contributed by atoms with van der Waals surface area (Å²) in [6, 6.07) is 0. The highest BCUT2D eigenvalue weighted by atomic mass is 35.5. The summed E-state index contributed by atoms with van der Waals surface area (Å²) in [5, 5.41) is 0. The number of rotatable bonds is 11. The third-order valence-electron chi connectivity index (χ3n) is 4.72. The molecule has 20 heavy (non-hydrogen) atoms. The number of hydrogen-bond acceptors (Lipinski definition) is 2. The second-order valence-corrected chi connectivity index (χ2v) is 6.78. The Morgan fingerprint density at radius 2 is 1.05 bits per heavy atom. The highest BCUT2D eigenvalue weighted by Crippen LogP contribution is 2.50. The molecule has 3 N–H and O–H groups in total. The van der Waals surface area contributed by atoms with Gasteiger partial charge in [-0.15, -0.1) is 12.4 Å². The number of unbranched alkanes of at least 4 members (excludes halogenated alkanes) is 9. The van der Waals surface area contributed by atoms with E-state index in [2.05, 4.69) is 27.7 Å². The van der Waals surface area contributed by atoms with Gasteiger partial charge in [0.15, 0.2) is 0 Å². The molecule has 1 atom stereocenters. The van der Waals surface area contributed by atoms with Crippen LogP contribution in [0.25, 0.3) is 0 Å². The van der Waals surface area contributed by atoms with Crippen molar-refractivity contribution in [2.45, 2.75) is 110 Å². The molecule has 1 saturated heterocycles. The molecule has 1 unspecified atom stereocenters. The highest BCUT2D eigenvalue weighted by Gasteiger charge is 2.58. The number of ether oxygens (including phenoxy) is 1. The average molecular weight is 308 g/mol. The first-order chi connectivity index (χ1) is 8.52. The Balaban J connectivity index is 0. The summed E-state index contributed by atoms with van der Waals surface area (Å²) in [7, 11) is 0. The lowest BCUT2D eigenvalue weighted by molar-refractivity contribution is 0.273. The lowest BCUT2D eigenvalue weighted by Gasteiger charge is -2.08. The molecule has 0 bridgehead atoms. The fourth-order valence-corrected chi connectivity index (χ4v) is 2.84. The molecule has 0 amide bonds. The van der Waals surface area contributed by atoms with Gasteiger partial charge in [0.25, 0.3) is 0 Å². The summed E-state index contributed by atoms with van der Waals surface area (Å²) in [6.45, 7) is 8.97. The Bertz CT molecular complexity index is 233. The van der Waals surface area contributed by atoms with Crippen molar-refractivity contribution in [1.29, 1.82) is 0 Å². The first kappa shape index (κ1) is 22.5. The smallest absolute Gasteiger partial charge is 0.0946 e. The van der Waals surface area contributed by atoms with Gasteiger partial charge in [0.05, 0.1) is 11.2 Å². The third-order valence-corrected chi connectivity index (χ3v) is 4.72. The van der Waals surface area contributed by atoms with Crippen molar-refractivity contribution in [3.05, 3.63) is 0 Å². The van der Waals surface area contributed by atoms with E-state index in [1.165, 1.54) is 70.6 Å². The minimum absolute atomic E-state index is 0. The molecule has 2 nitrogen and oxygen atoms in total. The van der Waals surface area contributed by atoms with Crippen LogP contribution in [-0.2, 0) is 4.74 Å². The lowest BCUT2D eigenvalue weighted by Crippen LogP contribution is -2.15. The zero-order chi connectivity index (χ0) is 13.5.